The number of benzene rings is 1. The van der Waals surface area contributed by atoms with Crippen molar-refractivity contribution in [3.05, 3.63) is 47.8 Å². The summed E-state index contributed by atoms with van der Waals surface area (Å²) in [5.41, 5.74) is 0.691. The Hall–Kier alpha value is -3.73. The summed E-state index contributed by atoms with van der Waals surface area (Å²) in [6.45, 7) is 18.7. The van der Waals surface area contributed by atoms with Crippen molar-refractivity contribution in [3.63, 3.8) is 0 Å². The standard InChI is InChI=1S/C45H66N4O11/c1-13-36-45(10)40(51)28(5)37(60-45)25(2)21-44(9)41(59-43-39(57-31(8)50)35(48(11)12)19-27(4)56-43)29(6)38(30(7)42(52)58-36)53-23-33(24-54-44)47-55-22-32-15-14-16-34(20-32)49-18-17-26(3)46-49/h14-18,20,25,27-30,35-39,41,43H,13,19,21-24H2,1-12H3/b47-33+/t25-,27-,28?,29-,30-,35+,36-,37?,38+,39-,41-,43+,44-,45?/m1/s1. The number of aromatic nitrogens is 2. The van der Waals surface area contributed by atoms with Gasteiger partial charge in [0.05, 0.1) is 66.6 Å². The first-order valence-electron chi connectivity index (χ1n) is 21.5. The second-order valence-electron chi connectivity index (χ2n) is 18.1. The number of hydrogen-bond acceptors (Lipinski definition) is 14. The summed E-state index contributed by atoms with van der Waals surface area (Å²) >= 11 is 0. The molecule has 0 radical (unpaired) electrons. The zero-order valence-electron chi connectivity index (χ0n) is 37.4. The molecular weight excluding hydrogens is 773 g/mol. The third-order valence-corrected chi connectivity index (χ3v) is 12.9. The molecule has 332 valence electrons. The van der Waals surface area contributed by atoms with Gasteiger partial charge in [0.15, 0.2) is 23.8 Å². The number of cyclic esters (lactones) is 1. The molecule has 15 nitrogen and oxygen atoms in total. The minimum Gasteiger partial charge on any atom is -0.459 e. The highest BCUT2D eigenvalue weighted by Gasteiger charge is 2.59. The molecule has 4 fully saturated rings. The van der Waals surface area contributed by atoms with Crippen LogP contribution in [0.1, 0.15) is 92.8 Å². The molecule has 5 heterocycles. The van der Waals surface area contributed by atoms with Crippen LogP contribution in [0.25, 0.3) is 5.69 Å². The topological polar surface area (TPSA) is 158 Å². The van der Waals surface area contributed by atoms with E-state index in [0.717, 1.165) is 16.9 Å². The maximum Gasteiger partial charge on any atom is 0.311 e. The van der Waals surface area contributed by atoms with Crippen LogP contribution in [0, 0.1) is 30.6 Å². The highest BCUT2D eigenvalue weighted by molar-refractivity contribution is 5.92. The number of carbonyl (C=O) groups excluding carboxylic acids is 3. The molecule has 0 spiro atoms. The van der Waals surface area contributed by atoms with E-state index in [-0.39, 0.29) is 43.7 Å². The Morgan fingerprint density at radius 1 is 1.05 bits per heavy atom. The van der Waals surface area contributed by atoms with E-state index in [4.69, 9.17) is 38.0 Å². The lowest BCUT2D eigenvalue weighted by Gasteiger charge is -2.48. The minimum atomic E-state index is -1.33. The number of Topliss-reactive ketones (excluding diaryl/α,β-unsaturated/α-hetero) is 1. The highest BCUT2D eigenvalue weighted by Crippen LogP contribution is 2.45. The fraction of sp³-hybridized carbons (Fsp3) is 0.711. The molecule has 3 unspecified atom stereocenters. The number of ether oxygens (including phenoxy) is 7. The Labute approximate surface area is 354 Å². The average molecular weight is 839 g/mol. The molecule has 4 saturated heterocycles. The van der Waals surface area contributed by atoms with Crippen molar-refractivity contribution < 1.29 is 52.4 Å². The van der Waals surface area contributed by atoms with Gasteiger partial charge in [0.2, 0.25) is 0 Å². The van der Waals surface area contributed by atoms with Crippen molar-refractivity contribution in [1.82, 2.24) is 14.7 Å². The lowest BCUT2D eigenvalue weighted by molar-refractivity contribution is -0.305. The molecule has 6 rings (SSSR count). The Kier molecular flexibility index (Phi) is 14.3. The van der Waals surface area contributed by atoms with E-state index in [9.17, 15) is 14.4 Å². The number of aryl methyl sites for hydroxylation is 1. The number of nitrogens with zero attached hydrogens (tertiary/aromatic N) is 4. The second-order valence-corrected chi connectivity index (χ2v) is 18.1. The van der Waals surface area contributed by atoms with Crippen LogP contribution in [-0.2, 0) is 59.0 Å². The van der Waals surface area contributed by atoms with Gasteiger partial charge in [0.25, 0.3) is 0 Å². The molecule has 0 amide bonds. The van der Waals surface area contributed by atoms with Gasteiger partial charge in [-0.1, -0.05) is 45.0 Å². The van der Waals surface area contributed by atoms with Crippen LogP contribution in [-0.4, -0.2) is 126 Å². The van der Waals surface area contributed by atoms with Crippen molar-refractivity contribution in [1.29, 1.82) is 0 Å². The number of hydrogen-bond donors (Lipinski definition) is 0. The molecule has 0 N–H and O–H groups in total. The van der Waals surface area contributed by atoms with E-state index in [0.29, 0.717) is 25.0 Å². The van der Waals surface area contributed by atoms with Crippen molar-refractivity contribution in [2.24, 2.45) is 28.8 Å². The summed E-state index contributed by atoms with van der Waals surface area (Å²) < 4.78 is 48.1. The normalized spacial score (nSPS) is 38.6. The number of esters is 2. The second kappa shape index (κ2) is 18.7. The molecule has 0 aliphatic carbocycles. The van der Waals surface area contributed by atoms with Crippen LogP contribution in [0.2, 0.25) is 0 Å². The lowest BCUT2D eigenvalue weighted by atomic mass is 9.75. The Morgan fingerprint density at radius 2 is 1.80 bits per heavy atom. The van der Waals surface area contributed by atoms with Crippen LogP contribution in [0.3, 0.4) is 0 Å². The van der Waals surface area contributed by atoms with Crippen molar-refractivity contribution in [3.8, 4) is 5.69 Å². The predicted octanol–water partition coefficient (Wildman–Crippen LogP) is 5.61. The van der Waals surface area contributed by atoms with E-state index in [1.54, 1.807) is 13.8 Å². The van der Waals surface area contributed by atoms with E-state index in [1.807, 2.05) is 109 Å². The number of fused-ring (bicyclic) bond motifs is 5. The first-order chi connectivity index (χ1) is 28.3. The smallest absolute Gasteiger partial charge is 0.311 e. The van der Waals surface area contributed by atoms with E-state index in [1.165, 1.54) is 6.92 Å². The van der Waals surface area contributed by atoms with Gasteiger partial charge in [-0.25, -0.2) is 4.68 Å². The number of carbonyl (C=O) groups is 3. The first kappa shape index (κ1) is 45.8. The predicted molar refractivity (Wildman–Crippen MR) is 221 cm³/mol. The number of oxime groups is 1. The Bertz CT molecular complexity index is 1870. The van der Waals surface area contributed by atoms with E-state index in [2.05, 4.69) is 10.3 Å². The maximum atomic E-state index is 14.3. The summed E-state index contributed by atoms with van der Waals surface area (Å²) in [5.74, 6) is -3.18. The molecule has 4 aliphatic rings. The zero-order chi connectivity index (χ0) is 43.7. The summed E-state index contributed by atoms with van der Waals surface area (Å²) in [4.78, 5) is 49.0. The van der Waals surface area contributed by atoms with Gasteiger partial charge < -0.3 is 42.9 Å². The van der Waals surface area contributed by atoms with Gasteiger partial charge in [0, 0.05) is 25.0 Å². The van der Waals surface area contributed by atoms with Crippen LogP contribution in [0.4, 0.5) is 0 Å². The molecule has 4 aliphatic heterocycles. The summed E-state index contributed by atoms with van der Waals surface area (Å²) in [6, 6.07) is 9.59. The molecular formula is C45H66N4O11. The van der Waals surface area contributed by atoms with E-state index < -0.39 is 77.7 Å². The molecule has 2 aromatic rings. The third kappa shape index (κ3) is 9.66. The minimum absolute atomic E-state index is 0.000787. The lowest BCUT2D eigenvalue weighted by Crippen LogP contribution is -2.60. The number of likely N-dealkylation sites (N-methyl/N-ethyl adjacent to an activating group) is 1. The first-order valence-corrected chi connectivity index (χ1v) is 21.5. The van der Waals surface area contributed by atoms with Crippen molar-refractivity contribution >= 4 is 23.4 Å². The van der Waals surface area contributed by atoms with E-state index >= 15 is 0 Å². The fourth-order valence-corrected chi connectivity index (χ4v) is 9.80. The van der Waals surface area contributed by atoms with Gasteiger partial charge >= 0.3 is 11.9 Å². The van der Waals surface area contributed by atoms with Gasteiger partial charge in [0.1, 0.15) is 18.4 Å². The quantitative estimate of drug-likeness (QED) is 0.227. The van der Waals surface area contributed by atoms with Gasteiger partial charge in [-0.2, -0.15) is 5.10 Å². The number of rotatable bonds is 9. The summed E-state index contributed by atoms with van der Waals surface area (Å²) in [5, 5.41) is 9.08. The van der Waals surface area contributed by atoms with Crippen LogP contribution >= 0.6 is 0 Å². The summed E-state index contributed by atoms with van der Waals surface area (Å²) in [7, 11) is 3.88. The van der Waals surface area contributed by atoms with Crippen LogP contribution in [0.15, 0.2) is 41.7 Å². The molecule has 60 heavy (non-hydrogen) atoms. The Balaban J connectivity index is 1.40. The average Bonchev–Trinajstić information content (AvgIpc) is 3.75. The molecule has 14 atom stereocenters. The molecule has 1 aromatic heterocycles. The molecule has 0 saturated carbocycles. The zero-order valence-corrected chi connectivity index (χ0v) is 37.4. The molecule has 1 aromatic carbocycles. The van der Waals surface area contributed by atoms with Crippen molar-refractivity contribution in [2.45, 2.75) is 155 Å². The monoisotopic (exact) mass is 838 g/mol. The van der Waals surface area contributed by atoms with Gasteiger partial charge in [-0.3, -0.25) is 14.4 Å². The largest absolute Gasteiger partial charge is 0.459 e. The fourth-order valence-electron chi connectivity index (χ4n) is 9.80. The van der Waals surface area contributed by atoms with Gasteiger partial charge in [-0.15, -0.1) is 0 Å². The third-order valence-electron chi connectivity index (χ3n) is 12.9. The molecule has 4 bridgehead atoms. The SMILES string of the molecule is CC[C@H]1OC(=O)[C@H](C)[C@H]2OC/C(=N\OCc3cccc(-n4ccc(C)n4)c3)CO[C@](C)(C[C@@H](C)C3OC1(C)C(=O)C3C)[C@H](O[C@@H]1O[C@H](C)C[C@H](N(C)C)[C@H]1OC(C)=O)[C@@H]2C. The highest BCUT2D eigenvalue weighted by atomic mass is 16.7. The maximum absolute atomic E-state index is 14.3. The summed E-state index contributed by atoms with van der Waals surface area (Å²) in [6.07, 6.45) is -1.67. The molecule has 15 heteroatoms. The Morgan fingerprint density at radius 3 is 2.47 bits per heavy atom. The van der Waals surface area contributed by atoms with Gasteiger partial charge in [-0.05, 0) is 97.7 Å². The number of ketones is 1. The van der Waals surface area contributed by atoms with Crippen LogP contribution < -0.4 is 0 Å². The van der Waals surface area contributed by atoms with Crippen molar-refractivity contribution in [2.75, 3.05) is 27.3 Å². The van der Waals surface area contributed by atoms with Crippen LogP contribution in [0.5, 0.6) is 0 Å².